The molecule has 1 atom stereocenters. The second-order valence-electron chi connectivity index (χ2n) is 4.97. The van der Waals surface area contributed by atoms with E-state index in [1.807, 2.05) is 0 Å². The smallest absolute Gasteiger partial charge is 0.220 e. The van der Waals surface area contributed by atoms with Gasteiger partial charge in [0.15, 0.2) is 0 Å². The van der Waals surface area contributed by atoms with Crippen molar-refractivity contribution in [3.05, 3.63) is 0 Å². The minimum Gasteiger partial charge on any atom is -0.359 e. The van der Waals surface area contributed by atoms with Gasteiger partial charge in [-0.15, -0.1) is 0 Å². The lowest BCUT2D eigenvalue weighted by Crippen LogP contribution is -2.31. The first kappa shape index (κ1) is 10.9. The summed E-state index contributed by atoms with van der Waals surface area (Å²) in [4.78, 5) is 13.9. The fourth-order valence-corrected chi connectivity index (χ4v) is 2.99. The zero-order chi connectivity index (χ0) is 10.7. The van der Waals surface area contributed by atoms with Crippen LogP contribution < -0.4 is 5.32 Å². The Morgan fingerprint density at radius 2 is 2.07 bits per heavy atom. The number of hydrogen-bond acceptors (Lipinski definition) is 2. The highest BCUT2D eigenvalue weighted by molar-refractivity contribution is 5.75. The van der Waals surface area contributed by atoms with Crippen LogP contribution in [0.15, 0.2) is 0 Å². The molecular weight excluding hydrogens is 188 g/mol. The maximum atomic E-state index is 11.3. The van der Waals surface area contributed by atoms with Crippen molar-refractivity contribution in [3.63, 3.8) is 0 Å². The van der Waals surface area contributed by atoms with Gasteiger partial charge in [-0.05, 0) is 31.7 Å². The van der Waals surface area contributed by atoms with Crippen LogP contribution in [0.1, 0.15) is 38.5 Å². The summed E-state index contributed by atoms with van der Waals surface area (Å²) in [7, 11) is 1.73. The predicted molar refractivity (Wildman–Crippen MR) is 60.6 cm³/mol. The molecule has 0 radical (unpaired) electrons. The molecule has 0 aromatic heterocycles. The number of nitrogens with one attached hydrogen (secondary N) is 1. The van der Waals surface area contributed by atoms with Gasteiger partial charge in [-0.3, -0.25) is 4.79 Å². The standard InChI is InChI=1S/C12H22N2O/c1-13-12(15)8-10-6-7-14(9-10)11-4-2-3-5-11/h10-11H,2-9H2,1H3,(H,13,15)/t10-/m0/s1. The Kier molecular flexibility index (Phi) is 3.62. The molecule has 1 amide bonds. The maximum Gasteiger partial charge on any atom is 0.220 e. The Labute approximate surface area is 92.2 Å². The minimum absolute atomic E-state index is 0.202. The molecule has 1 aliphatic heterocycles. The average Bonchev–Trinajstić information content (AvgIpc) is 2.85. The number of likely N-dealkylation sites (tertiary alicyclic amines) is 1. The van der Waals surface area contributed by atoms with Crippen LogP contribution in [0, 0.1) is 5.92 Å². The second-order valence-corrected chi connectivity index (χ2v) is 4.97. The summed E-state index contributed by atoms with van der Waals surface area (Å²) in [6, 6.07) is 0.833. The van der Waals surface area contributed by atoms with Crippen molar-refractivity contribution in [2.45, 2.75) is 44.6 Å². The maximum absolute atomic E-state index is 11.3. The fraction of sp³-hybridized carbons (Fsp3) is 0.917. The third kappa shape index (κ3) is 2.71. The monoisotopic (exact) mass is 210 g/mol. The molecule has 1 heterocycles. The number of amides is 1. The molecule has 3 heteroatoms. The van der Waals surface area contributed by atoms with E-state index in [1.165, 1.54) is 38.6 Å². The summed E-state index contributed by atoms with van der Waals surface area (Å²) < 4.78 is 0. The van der Waals surface area contributed by atoms with Gasteiger partial charge in [0, 0.05) is 26.1 Å². The molecule has 0 bridgehead atoms. The average molecular weight is 210 g/mol. The number of nitrogens with zero attached hydrogens (tertiary/aromatic N) is 1. The fourth-order valence-electron chi connectivity index (χ4n) is 2.99. The summed E-state index contributed by atoms with van der Waals surface area (Å²) in [5.41, 5.74) is 0. The Morgan fingerprint density at radius 3 is 2.73 bits per heavy atom. The first-order valence-electron chi connectivity index (χ1n) is 6.24. The lowest BCUT2D eigenvalue weighted by Gasteiger charge is -2.23. The normalized spacial score (nSPS) is 28.5. The summed E-state index contributed by atoms with van der Waals surface area (Å²) in [5.74, 6) is 0.804. The minimum atomic E-state index is 0.202. The van der Waals surface area contributed by atoms with Crippen LogP contribution in [-0.4, -0.2) is 37.0 Å². The summed E-state index contributed by atoms with van der Waals surface area (Å²) in [6.07, 6.45) is 7.51. The SMILES string of the molecule is CNC(=O)C[C@@H]1CCN(C2CCCC2)C1. The molecule has 15 heavy (non-hydrogen) atoms. The molecule has 0 aromatic carbocycles. The van der Waals surface area contributed by atoms with Gasteiger partial charge < -0.3 is 10.2 Å². The second kappa shape index (κ2) is 4.97. The lowest BCUT2D eigenvalue weighted by atomic mass is 10.0. The van der Waals surface area contributed by atoms with E-state index in [1.54, 1.807) is 7.05 Å². The molecule has 2 rings (SSSR count). The van der Waals surface area contributed by atoms with E-state index in [4.69, 9.17) is 0 Å². The Hall–Kier alpha value is -0.570. The molecule has 0 aromatic rings. The highest BCUT2D eigenvalue weighted by Crippen LogP contribution is 2.29. The molecule has 2 aliphatic rings. The van der Waals surface area contributed by atoms with Crippen molar-refractivity contribution >= 4 is 5.91 Å². The topological polar surface area (TPSA) is 32.3 Å². The van der Waals surface area contributed by atoms with Crippen LogP contribution in [0.25, 0.3) is 0 Å². The van der Waals surface area contributed by atoms with Gasteiger partial charge >= 0.3 is 0 Å². The van der Waals surface area contributed by atoms with E-state index in [0.717, 1.165) is 19.0 Å². The molecule has 1 saturated heterocycles. The third-order valence-corrected chi connectivity index (χ3v) is 3.91. The van der Waals surface area contributed by atoms with Gasteiger partial charge in [0.25, 0.3) is 0 Å². The van der Waals surface area contributed by atoms with Crippen molar-refractivity contribution in [3.8, 4) is 0 Å². The summed E-state index contributed by atoms with van der Waals surface area (Å²) >= 11 is 0. The van der Waals surface area contributed by atoms with Crippen molar-refractivity contribution in [1.29, 1.82) is 0 Å². The Morgan fingerprint density at radius 1 is 1.33 bits per heavy atom. The van der Waals surface area contributed by atoms with Crippen LogP contribution in [0.2, 0.25) is 0 Å². The predicted octanol–water partition coefficient (Wildman–Crippen LogP) is 1.39. The first-order valence-corrected chi connectivity index (χ1v) is 6.24. The zero-order valence-corrected chi connectivity index (χ0v) is 9.67. The van der Waals surface area contributed by atoms with E-state index < -0.39 is 0 Å². The van der Waals surface area contributed by atoms with Gasteiger partial charge in [0.05, 0.1) is 0 Å². The van der Waals surface area contributed by atoms with Gasteiger partial charge in [-0.25, -0.2) is 0 Å². The quantitative estimate of drug-likeness (QED) is 0.763. The van der Waals surface area contributed by atoms with Crippen LogP contribution in [0.5, 0.6) is 0 Å². The zero-order valence-electron chi connectivity index (χ0n) is 9.67. The highest BCUT2D eigenvalue weighted by atomic mass is 16.1. The van der Waals surface area contributed by atoms with Crippen LogP contribution >= 0.6 is 0 Å². The van der Waals surface area contributed by atoms with Crippen molar-refractivity contribution < 1.29 is 4.79 Å². The Bertz CT molecular complexity index is 224. The van der Waals surface area contributed by atoms with E-state index >= 15 is 0 Å². The molecule has 0 spiro atoms. The van der Waals surface area contributed by atoms with Gasteiger partial charge in [-0.1, -0.05) is 12.8 Å². The Balaban J connectivity index is 1.76. The van der Waals surface area contributed by atoms with Crippen LogP contribution in [-0.2, 0) is 4.79 Å². The van der Waals surface area contributed by atoms with Gasteiger partial charge in [0.2, 0.25) is 5.91 Å². The van der Waals surface area contributed by atoms with Crippen molar-refractivity contribution in [2.75, 3.05) is 20.1 Å². The molecule has 1 N–H and O–H groups in total. The molecule has 0 unspecified atom stereocenters. The molecular formula is C12H22N2O. The number of carbonyl (C=O) groups excluding carboxylic acids is 1. The van der Waals surface area contributed by atoms with E-state index in [9.17, 15) is 4.79 Å². The van der Waals surface area contributed by atoms with E-state index in [0.29, 0.717) is 5.92 Å². The molecule has 2 fully saturated rings. The number of carbonyl (C=O) groups is 1. The van der Waals surface area contributed by atoms with Gasteiger partial charge in [-0.2, -0.15) is 0 Å². The number of rotatable bonds is 3. The molecule has 3 nitrogen and oxygen atoms in total. The summed E-state index contributed by atoms with van der Waals surface area (Å²) in [6.45, 7) is 2.37. The van der Waals surface area contributed by atoms with Crippen molar-refractivity contribution in [2.24, 2.45) is 5.92 Å². The molecule has 1 saturated carbocycles. The van der Waals surface area contributed by atoms with Gasteiger partial charge in [0.1, 0.15) is 0 Å². The van der Waals surface area contributed by atoms with E-state index in [-0.39, 0.29) is 5.91 Å². The lowest BCUT2D eigenvalue weighted by molar-refractivity contribution is -0.121. The van der Waals surface area contributed by atoms with Crippen LogP contribution in [0.4, 0.5) is 0 Å². The summed E-state index contributed by atoms with van der Waals surface area (Å²) in [5, 5.41) is 2.72. The molecule has 86 valence electrons. The van der Waals surface area contributed by atoms with E-state index in [2.05, 4.69) is 10.2 Å². The highest BCUT2D eigenvalue weighted by Gasteiger charge is 2.30. The van der Waals surface area contributed by atoms with Crippen LogP contribution in [0.3, 0.4) is 0 Å². The first-order chi connectivity index (χ1) is 7.29. The van der Waals surface area contributed by atoms with Crippen molar-refractivity contribution in [1.82, 2.24) is 10.2 Å². The largest absolute Gasteiger partial charge is 0.359 e. The number of hydrogen-bond donors (Lipinski definition) is 1. The third-order valence-electron chi connectivity index (χ3n) is 3.91. The molecule has 1 aliphatic carbocycles.